The number of nitrogens with one attached hydrogen (secondary N) is 1. The number of hydrogen-bond acceptors (Lipinski definition) is 8. The Kier molecular flexibility index (Phi) is 6.90. The number of aliphatic carboxylic acids is 1. The van der Waals surface area contributed by atoms with Gasteiger partial charge in [-0.05, 0) is 31.5 Å². The molecule has 2 saturated heterocycles. The summed E-state index contributed by atoms with van der Waals surface area (Å²) in [6, 6.07) is 4.38. The van der Waals surface area contributed by atoms with E-state index in [1.807, 2.05) is 0 Å². The highest BCUT2D eigenvalue weighted by Gasteiger charge is 2.60. The van der Waals surface area contributed by atoms with Crippen LogP contribution in [0.3, 0.4) is 0 Å². The molecule has 0 aliphatic carbocycles. The van der Waals surface area contributed by atoms with Crippen molar-refractivity contribution in [3.05, 3.63) is 40.4 Å². The Hall–Kier alpha value is -3.29. The van der Waals surface area contributed by atoms with Gasteiger partial charge in [-0.25, -0.2) is 14.4 Å². The second-order valence-electron chi connectivity index (χ2n) is 9.22. The molecular weight excluding hydrogens is 494 g/mol. The zero-order valence-electron chi connectivity index (χ0n) is 19.4. The fraction of sp³-hybridized carbons (Fsp3) is 0.478. The first kappa shape index (κ1) is 25.8. The van der Waals surface area contributed by atoms with Crippen LogP contribution in [0.5, 0.6) is 0 Å². The molecule has 3 heterocycles. The number of amides is 2. The molecule has 1 unspecified atom stereocenters. The van der Waals surface area contributed by atoms with E-state index in [0.717, 1.165) is 4.90 Å². The summed E-state index contributed by atoms with van der Waals surface area (Å²) >= 11 is 1.18. The van der Waals surface area contributed by atoms with Crippen LogP contribution in [-0.2, 0) is 9.59 Å². The molecule has 2 fully saturated rings. The van der Waals surface area contributed by atoms with Gasteiger partial charge in [-0.3, -0.25) is 9.69 Å². The number of β-lactam (4-membered cyclic amide) rings is 1. The number of carbonyl (C=O) groups excluding carboxylic acids is 1. The number of thioether (sulfide) groups is 1. The number of likely N-dealkylation sites (tertiary alicyclic amines) is 1. The zero-order chi connectivity index (χ0) is 26.5. The lowest BCUT2D eigenvalue weighted by atomic mass is 9.79. The minimum Gasteiger partial charge on any atom is -0.478 e. The number of carboxylic acids is 2. The van der Waals surface area contributed by atoms with Crippen molar-refractivity contribution in [2.75, 3.05) is 11.9 Å². The summed E-state index contributed by atoms with van der Waals surface area (Å²) in [6.07, 6.45) is -3.36. The van der Waals surface area contributed by atoms with Gasteiger partial charge in [0.25, 0.3) is 0 Å². The second-order valence-corrected chi connectivity index (χ2v) is 10.6. The number of carbonyl (C=O) groups is 4. The molecule has 1 aromatic carbocycles. The van der Waals surface area contributed by atoms with Crippen LogP contribution in [0.25, 0.3) is 0 Å². The molecule has 2 amide bonds. The van der Waals surface area contributed by atoms with Gasteiger partial charge in [-0.15, -0.1) is 11.8 Å². The van der Waals surface area contributed by atoms with Crippen LogP contribution in [0.4, 0.5) is 10.5 Å². The van der Waals surface area contributed by atoms with Crippen LogP contribution < -0.4 is 5.32 Å². The molecule has 4 rings (SSSR count). The van der Waals surface area contributed by atoms with E-state index in [1.54, 1.807) is 13.0 Å². The van der Waals surface area contributed by atoms with Gasteiger partial charge in [0, 0.05) is 28.3 Å². The number of hydrogen-bond donors (Lipinski definition) is 6. The Morgan fingerprint density at radius 3 is 2.42 bits per heavy atom. The minimum absolute atomic E-state index is 0.000169. The summed E-state index contributed by atoms with van der Waals surface area (Å²) in [6.45, 7) is 3.29. The van der Waals surface area contributed by atoms with Crippen LogP contribution in [0.15, 0.2) is 34.9 Å². The molecule has 0 spiro atoms. The van der Waals surface area contributed by atoms with Crippen LogP contribution in [-0.4, -0.2) is 95.5 Å². The van der Waals surface area contributed by atoms with Crippen LogP contribution in [0.1, 0.15) is 30.6 Å². The molecule has 13 heteroatoms. The average molecular weight is 522 g/mol. The van der Waals surface area contributed by atoms with Crippen molar-refractivity contribution < 1.29 is 44.7 Å². The van der Waals surface area contributed by atoms with Gasteiger partial charge in [-0.1, -0.05) is 13.0 Å². The Balaban J connectivity index is 1.53. The van der Waals surface area contributed by atoms with Gasteiger partial charge in [-0.2, -0.15) is 0 Å². The third-order valence-electron chi connectivity index (χ3n) is 6.94. The van der Waals surface area contributed by atoms with Gasteiger partial charge in [0.15, 0.2) is 0 Å². The number of aliphatic hydroxyl groups is 2. The Morgan fingerprint density at radius 2 is 1.83 bits per heavy atom. The molecule has 3 aliphatic heterocycles. The van der Waals surface area contributed by atoms with Gasteiger partial charge in [0.1, 0.15) is 11.9 Å². The van der Waals surface area contributed by atoms with E-state index in [9.17, 15) is 39.6 Å². The fourth-order valence-electron chi connectivity index (χ4n) is 5.30. The molecule has 3 aliphatic rings. The lowest BCUT2D eigenvalue weighted by Gasteiger charge is -2.46. The Labute approximate surface area is 210 Å². The van der Waals surface area contributed by atoms with Crippen LogP contribution in [0, 0.1) is 11.8 Å². The number of aromatic carboxylic acids is 1. The zero-order valence-corrected chi connectivity index (χ0v) is 20.3. The molecular formula is C23H27N3O9S. The third kappa shape index (κ3) is 4.38. The summed E-state index contributed by atoms with van der Waals surface area (Å²) in [5.41, 5.74) is 0.158. The first-order valence-electron chi connectivity index (χ1n) is 11.3. The number of aliphatic hydroxyl groups excluding tert-OH is 2. The largest absolute Gasteiger partial charge is 0.478 e. The van der Waals surface area contributed by atoms with E-state index >= 15 is 0 Å². The number of carboxylic acid groups (broad SMARTS) is 3. The second kappa shape index (κ2) is 9.64. The number of anilines is 1. The Bertz CT molecular complexity index is 1140. The minimum atomic E-state index is -1.36. The van der Waals surface area contributed by atoms with Gasteiger partial charge in [0.05, 0.1) is 29.7 Å². The molecule has 6 N–H and O–H groups in total. The summed E-state index contributed by atoms with van der Waals surface area (Å²) in [4.78, 5) is 50.4. The molecule has 0 aromatic heterocycles. The van der Waals surface area contributed by atoms with Crippen molar-refractivity contribution >= 4 is 41.4 Å². The SMILES string of the molecule is C[C@@H](O)[C@H]1C(=O)N2C(C(=O)O)=C(S[C@H]3C[C@@H](C(O)Nc4cccc(C(=O)O)c4)N(C(=O)O)C3)[C@H](C)[C@H]12. The van der Waals surface area contributed by atoms with Gasteiger partial charge in [0.2, 0.25) is 5.91 Å². The topological polar surface area (TPSA) is 188 Å². The highest BCUT2D eigenvalue weighted by atomic mass is 32.2. The first-order valence-corrected chi connectivity index (χ1v) is 12.2. The van der Waals surface area contributed by atoms with E-state index in [1.165, 1.54) is 41.8 Å². The van der Waals surface area contributed by atoms with E-state index in [0.29, 0.717) is 10.6 Å². The number of rotatable bonds is 8. The van der Waals surface area contributed by atoms with Crippen molar-refractivity contribution in [2.24, 2.45) is 11.8 Å². The van der Waals surface area contributed by atoms with Crippen molar-refractivity contribution in [1.82, 2.24) is 9.80 Å². The highest BCUT2D eigenvalue weighted by Crippen LogP contribution is 2.52. The van der Waals surface area contributed by atoms with E-state index in [4.69, 9.17) is 5.11 Å². The molecule has 36 heavy (non-hydrogen) atoms. The Morgan fingerprint density at radius 1 is 1.14 bits per heavy atom. The van der Waals surface area contributed by atoms with Crippen molar-refractivity contribution in [3.8, 4) is 0 Å². The maximum Gasteiger partial charge on any atom is 0.407 e. The maximum atomic E-state index is 12.5. The molecule has 0 saturated carbocycles. The maximum absolute atomic E-state index is 12.5. The molecule has 0 radical (unpaired) electrons. The molecule has 12 nitrogen and oxygen atoms in total. The number of benzene rings is 1. The van der Waals surface area contributed by atoms with E-state index in [-0.39, 0.29) is 30.1 Å². The predicted molar refractivity (Wildman–Crippen MR) is 127 cm³/mol. The number of fused-ring (bicyclic) bond motifs is 1. The number of nitrogens with zero attached hydrogens (tertiary/aromatic N) is 2. The molecule has 194 valence electrons. The average Bonchev–Trinajstić information content (AvgIpc) is 3.32. The van der Waals surface area contributed by atoms with Crippen molar-refractivity contribution in [1.29, 1.82) is 0 Å². The van der Waals surface area contributed by atoms with Gasteiger partial charge < -0.3 is 35.7 Å². The fourth-order valence-corrected chi connectivity index (χ4v) is 6.84. The van der Waals surface area contributed by atoms with Crippen molar-refractivity contribution in [2.45, 2.75) is 49.9 Å². The standard InChI is InChI=1S/C23H27N3O9S/c1-9-16-15(10(2)27)20(29)26(16)17(22(32)33)18(9)36-13-7-14(25(8-13)23(34)35)19(28)24-12-5-3-4-11(6-12)21(30)31/h3-6,9-10,13-16,19,24,27-28H,7-8H2,1-2H3,(H,30,31)(H,32,33)(H,34,35)/t9-,10-,13+,14+,15-,16-,19?/m1/s1. The van der Waals surface area contributed by atoms with Crippen LogP contribution in [0.2, 0.25) is 0 Å². The quantitative estimate of drug-likeness (QED) is 0.212. The summed E-state index contributed by atoms with van der Waals surface area (Å²) in [7, 11) is 0. The van der Waals surface area contributed by atoms with E-state index < -0.39 is 59.5 Å². The highest BCUT2D eigenvalue weighted by molar-refractivity contribution is 8.03. The van der Waals surface area contributed by atoms with Crippen LogP contribution >= 0.6 is 11.8 Å². The first-order chi connectivity index (χ1) is 16.9. The van der Waals surface area contributed by atoms with Crippen molar-refractivity contribution in [3.63, 3.8) is 0 Å². The molecule has 0 bridgehead atoms. The van der Waals surface area contributed by atoms with Gasteiger partial charge >= 0.3 is 18.0 Å². The molecule has 7 atom stereocenters. The third-order valence-corrected chi connectivity index (χ3v) is 8.44. The monoisotopic (exact) mass is 521 g/mol. The predicted octanol–water partition coefficient (Wildman–Crippen LogP) is 1.12. The smallest absolute Gasteiger partial charge is 0.407 e. The normalized spacial score (nSPS) is 29.0. The van der Waals surface area contributed by atoms with E-state index in [2.05, 4.69) is 5.32 Å². The lowest BCUT2D eigenvalue weighted by molar-refractivity contribution is -0.163. The summed E-state index contributed by atoms with van der Waals surface area (Å²) < 4.78 is 0. The summed E-state index contributed by atoms with van der Waals surface area (Å²) in [5, 5.41) is 51.8. The lowest BCUT2D eigenvalue weighted by Crippen LogP contribution is -2.63. The molecule has 1 aromatic rings. The summed E-state index contributed by atoms with van der Waals surface area (Å²) in [5.74, 6) is -3.93.